The molecule has 6 heteroatoms. The molecule has 6 nitrogen and oxygen atoms in total. The third kappa shape index (κ3) is 6.34. The number of nitrogens with one attached hydrogen (secondary N) is 1. The smallest absolute Gasteiger partial charge is 0.213 e. The van der Waals surface area contributed by atoms with Gasteiger partial charge in [-0.15, -0.1) is 0 Å². The van der Waals surface area contributed by atoms with Gasteiger partial charge in [-0.3, -0.25) is 4.98 Å². The Labute approximate surface area is 136 Å². The molecule has 0 aliphatic heterocycles. The molecule has 0 fully saturated rings. The van der Waals surface area contributed by atoms with Crippen molar-refractivity contribution in [3.05, 3.63) is 54.0 Å². The summed E-state index contributed by atoms with van der Waals surface area (Å²) in [5.41, 5.74) is 7.87. The molecule has 2 aromatic rings. The fourth-order valence-electron chi connectivity index (χ4n) is 1.89. The van der Waals surface area contributed by atoms with Crippen molar-refractivity contribution in [1.29, 1.82) is 0 Å². The Hall–Kier alpha value is -2.63. The van der Waals surface area contributed by atoms with Crippen molar-refractivity contribution >= 4 is 5.96 Å². The summed E-state index contributed by atoms with van der Waals surface area (Å²) in [4.78, 5) is 12.8. The van der Waals surface area contributed by atoms with E-state index in [4.69, 9.17) is 10.5 Å². The maximum Gasteiger partial charge on any atom is 0.213 e. The minimum atomic E-state index is 0.423. The molecule has 0 amide bonds. The number of guanidine groups is 1. The number of hydrogen-bond donors (Lipinski definition) is 2. The highest BCUT2D eigenvalue weighted by atomic mass is 16.5. The molecule has 122 valence electrons. The lowest BCUT2D eigenvalue weighted by atomic mass is 10.3. The Morgan fingerprint density at radius 1 is 1.26 bits per heavy atom. The molecule has 3 N–H and O–H groups in total. The monoisotopic (exact) mass is 313 g/mol. The fourth-order valence-corrected chi connectivity index (χ4v) is 1.89. The number of rotatable bonds is 8. The van der Waals surface area contributed by atoms with Gasteiger partial charge in [0, 0.05) is 37.1 Å². The van der Waals surface area contributed by atoms with Crippen molar-refractivity contribution in [2.75, 3.05) is 13.2 Å². The summed E-state index contributed by atoms with van der Waals surface area (Å²) in [5, 5.41) is 3.08. The highest BCUT2D eigenvalue weighted by molar-refractivity contribution is 5.77. The highest BCUT2D eigenvalue weighted by Crippen LogP contribution is 2.08. The number of hydrogen-bond acceptors (Lipinski definition) is 4. The number of aliphatic imine (C=N–C) groups is 1. The molecule has 0 saturated carbocycles. The van der Waals surface area contributed by atoms with Crippen molar-refractivity contribution in [1.82, 2.24) is 15.3 Å². The van der Waals surface area contributed by atoms with Crippen LogP contribution in [-0.4, -0.2) is 29.1 Å². The molecule has 2 rings (SSSR count). The Bertz CT molecular complexity index is 598. The van der Waals surface area contributed by atoms with E-state index in [0.29, 0.717) is 31.5 Å². The van der Waals surface area contributed by atoms with Gasteiger partial charge < -0.3 is 15.8 Å². The van der Waals surface area contributed by atoms with Gasteiger partial charge in [0.1, 0.15) is 0 Å². The Morgan fingerprint density at radius 2 is 2.17 bits per heavy atom. The van der Waals surface area contributed by atoms with E-state index < -0.39 is 0 Å². The average molecular weight is 313 g/mol. The van der Waals surface area contributed by atoms with Crippen LogP contribution >= 0.6 is 0 Å². The molecule has 2 aromatic heterocycles. The van der Waals surface area contributed by atoms with Crippen molar-refractivity contribution < 1.29 is 4.74 Å². The first kappa shape index (κ1) is 16.7. The van der Waals surface area contributed by atoms with Crippen molar-refractivity contribution in [3.8, 4) is 5.88 Å². The fraction of sp³-hybridized carbons (Fsp3) is 0.353. The van der Waals surface area contributed by atoms with E-state index in [1.165, 1.54) is 0 Å². The number of pyridine rings is 2. The summed E-state index contributed by atoms with van der Waals surface area (Å²) in [5.74, 6) is 1.06. The normalized spacial score (nSPS) is 11.3. The van der Waals surface area contributed by atoms with Crippen LogP contribution in [0.5, 0.6) is 5.88 Å². The molecule has 0 saturated heterocycles. The van der Waals surface area contributed by atoms with Gasteiger partial charge in [0.15, 0.2) is 5.96 Å². The van der Waals surface area contributed by atoms with Gasteiger partial charge in [-0.05, 0) is 24.1 Å². The molecule has 0 aliphatic rings. The summed E-state index contributed by atoms with van der Waals surface area (Å²) in [6.45, 7) is 3.93. The Kier molecular flexibility index (Phi) is 6.84. The third-order valence-corrected chi connectivity index (χ3v) is 3.10. The second kappa shape index (κ2) is 9.40. The van der Waals surface area contributed by atoms with E-state index in [1.807, 2.05) is 30.3 Å². The summed E-state index contributed by atoms with van der Waals surface area (Å²) in [6, 6.07) is 9.66. The third-order valence-electron chi connectivity index (χ3n) is 3.10. The largest absolute Gasteiger partial charge is 0.478 e. The zero-order chi connectivity index (χ0) is 16.3. The van der Waals surface area contributed by atoms with E-state index >= 15 is 0 Å². The van der Waals surface area contributed by atoms with Gasteiger partial charge in [-0.1, -0.05) is 19.1 Å². The van der Waals surface area contributed by atoms with Crippen LogP contribution in [0.25, 0.3) is 0 Å². The molecule has 0 radical (unpaired) electrons. The lowest BCUT2D eigenvalue weighted by Crippen LogP contribution is -2.33. The first-order valence-electron chi connectivity index (χ1n) is 7.79. The van der Waals surface area contributed by atoms with E-state index in [9.17, 15) is 0 Å². The number of aromatic nitrogens is 2. The van der Waals surface area contributed by atoms with Crippen LogP contribution < -0.4 is 15.8 Å². The van der Waals surface area contributed by atoms with Crippen LogP contribution in [0.15, 0.2) is 47.7 Å². The van der Waals surface area contributed by atoms with Gasteiger partial charge in [-0.25, -0.2) is 9.98 Å². The average Bonchev–Trinajstić information content (AvgIpc) is 2.60. The minimum Gasteiger partial charge on any atom is -0.478 e. The molecule has 0 spiro atoms. The summed E-state index contributed by atoms with van der Waals surface area (Å²) in [6.07, 6.45) is 5.32. The summed E-state index contributed by atoms with van der Waals surface area (Å²) >= 11 is 0. The zero-order valence-electron chi connectivity index (χ0n) is 13.4. The molecule has 0 aromatic carbocycles. The van der Waals surface area contributed by atoms with Crippen molar-refractivity contribution in [2.45, 2.75) is 26.3 Å². The molecular weight excluding hydrogens is 290 g/mol. The minimum absolute atomic E-state index is 0.423. The predicted molar refractivity (Wildman–Crippen MR) is 91.3 cm³/mol. The SMILES string of the molecule is CCCOc1ccc(CN=C(N)NCCc2ccccn2)cn1. The van der Waals surface area contributed by atoms with E-state index in [-0.39, 0.29) is 0 Å². The molecule has 0 aliphatic carbocycles. The topological polar surface area (TPSA) is 85.4 Å². The molecule has 23 heavy (non-hydrogen) atoms. The van der Waals surface area contributed by atoms with Crippen LogP contribution in [0, 0.1) is 0 Å². The number of nitrogens with two attached hydrogens (primary N) is 1. The summed E-state index contributed by atoms with van der Waals surface area (Å²) in [7, 11) is 0. The first-order valence-corrected chi connectivity index (χ1v) is 7.79. The number of ether oxygens (including phenoxy) is 1. The Morgan fingerprint density at radius 3 is 2.87 bits per heavy atom. The zero-order valence-corrected chi connectivity index (χ0v) is 13.4. The van der Waals surface area contributed by atoms with E-state index in [2.05, 4.69) is 27.2 Å². The lowest BCUT2D eigenvalue weighted by molar-refractivity contribution is 0.305. The maximum atomic E-state index is 5.85. The first-order chi connectivity index (χ1) is 11.3. The Balaban J connectivity index is 1.73. The standard InChI is InChI=1S/C17H23N5O/c1-2-11-23-16-7-6-14(12-21-16)13-22-17(18)20-10-8-15-5-3-4-9-19-15/h3-7,9,12H,2,8,10-11,13H2,1H3,(H3,18,20,22). The second-order valence-electron chi connectivity index (χ2n) is 5.05. The van der Waals surface area contributed by atoms with Crippen LogP contribution in [0.2, 0.25) is 0 Å². The van der Waals surface area contributed by atoms with Crippen LogP contribution in [0.1, 0.15) is 24.6 Å². The second-order valence-corrected chi connectivity index (χ2v) is 5.05. The molecule has 0 atom stereocenters. The quantitative estimate of drug-likeness (QED) is 0.574. The van der Waals surface area contributed by atoms with E-state index in [1.54, 1.807) is 12.4 Å². The van der Waals surface area contributed by atoms with Crippen molar-refractivity contribution in [3.63, 3.8) is 0 Å². The molecular formula is C17H23N5O. The van der Waals surface area contributed by atoms with Crippen LogP contribution in [0.3, 0.4) is 0 Å². The molecule has 0 unspecified atom stereocenters. The molecule has 0 bridgehead atoms. The summed E-state index contributed by atoms with van der Waals surface area (Å²) < 4.78 is 5.44. The highest BCUT2D eigenvalue weighted by Gasteiger charge is 1.98. The lowest BCUT2D eigenvalue weighted by Gasteiger charge is -2.06. The predicted octanol–water partition coefficient (Wildman–Crippen LogP) is 1.91. The van der Waals surface area contributed by atoms with Gasteiger partial charge >= 0.3 is 0 Å². The van der Waals surface area contributed by atoms with Crippen molar-refractivity contribution in [2.24, 2.45) is 10.7 Å². The van der Waals surface area contributed by atoms with E-state index in [0.717, 1.165) is 24.1 Å². The maximum absolute atomic E-state index is 5.85. The molecule has 2 heterocycles. The van der Waals surface area contributed by atoms with Crippen LogP contribution in [0.4, 0.5) is 0 Å². The van der Waals surface area contributed by atoms with Gasteiger partial charge in [0.05, 0.1) is 13.2 Å². The van der Waals surface area contributed by atoms with Gasteiger partial charge in [0.25, 0.3) is 0 Å². The van der Waals surface area contributed by atoms with Gasteiger partial charge in [0.2, 0.25) is 5.88 Å². The number of nitrogens with zero attached hydrogens (tertiary/aromatic N) is 3. The van der Waals surface area contributed by atoms with Gasteiger partial charge in [-0.2, -0.15) is 0 Å². The van der Waals surface area contributed by atoms with Crippen LogP contribution in [-0.2, 0) is 13.0 Å².